The standard InChI is InChI=1S/C46H31N3OSi/c1-3-16-34(17-4-1)51(35-18-5-2-6-19-35,36-20-11-14-32(30-36)41-24-9-10-28-47-41)37-21-12-15-33(31-37)49-45-38(39-23-13-29-48-46(39)49)26-27-43-44(45)40-22-7-8-25-42(40)50-43/h1-31H. The molecule has 0 N–H and O–H groups in total. The number of hydrogen-bond donors (Lipinski definition) is 0. The monoisotopic (exact) mass is 669 g/mol. The van der Waals surface area contributed by atoms with E-state index < -0.39 is 8.07 Å². The second kappa shape index (κ2) is 11.8. The van der Waals surface area contributed by atoms with Crippen molar-refractivity contribution >= 4 is 72.7 Å². The number of para-hydroxylation sites is 1. The van der Waals surface area contributed by atoms with Gasteiger partial charge in [-0.05, 0) is 75.3 Å². The summed E-state index contributed by atoms with van der Waals surface area (Å²) in [4.78, 5) is 9.75. The summed E-state index contributed by atoms with van der Waals surface area (Å²) in [6.07, 6.45) is 3.76. The zero-order valence-electron chi connectivity index (χ0n) is 27.6. The molecule has 0 atom stereocenters. The van der Waals surface area contributed by atoms with Gasteiger partial charge >= 0.3 is 0 Å². The number of hydrogen-bond acceptors (Lipinski definition) is 3. The molecule has 5 heteroatoms. The maximum absolute atomic E-state index is 6.41. The van der Waals surface area contributed by atoms with Gasteiger partial charge in [0.2, 0.25) is 0 Å². The predicted molar refractivity (Wildman–Crippen MR) is 213 cm³/mol. The first-order valence-corrected chi connectivity index (χ1v) is 19.2. The van der Waals surface area contributed by atoms with E-state index in [2.05, 4.69) is 156 Å². The quantitative estimate of drug-likeness (QED) is 0.132. The highest BCUT2D eigenvalue weighted by atomic mass is 28.3. The van der Waals surface area contributed by atoms with Crippen LogP contribution in [0.25, 0.3) is 60.8 Å². The average molecular weight is 670 g/mol. The van der Waals surface area contributed by atoms with Crippen LogP contribution in [0.5, 0.6) is 0 Å². The Hall–Kier alpha value is -6.56. The summed E-state index contributed by atoms with van der Waals surface area (Å²) < 4.78 is 8.76. The summed E-state index contributed by atoms with van der Waals surface area (Å²) in [6.45, 7) is 0. The van der Waals surface area contributed by atoms with Crippen molar-refractivity contribution in [2.75, 3.05) is 0 Å². The number of benzene rings is 6. The van der Waals surface area contributed by atoms with Crippen LogP contribution in [0.2, 0.25) is 0 Å². The van der Waals surface area contributed by atoms with E-state index in [9.17, 15) is 0 Å². The summed E-state index contributed by atoms with van der Waals surface area (Å²) >= 11 is 0. The first-order chi connectivity index (χ1) is 25.3. The third-order valence-electron chi connectivity index (χ3n) is 10.2. The molecule has 0 amide bonds. The Morgan fingerprint density at radius 3 is 1.90 bits per heavy atom. The molecule has 6 aromatic carbocycles. The van der Waals surface area contributed by atoms with E-state index >= 15 is 0 Å². The Morgan fingerprint density at radius 1 is 0.451 bits per heavy atom. The van der Waals surface area contributed by atoms with Crippen LogP contribution < -0.4 is 20.7 Å². The van der Waals surface area contributed by atoms with Crippen molar-refractivity contribution in [3.05, 3.63) is 188 Å². The van der Waals surface area contributed by atoms with Crippen LogP contribution in [-0.4, -0.2) is 22.6 Å². The van der Waals surface area contributed by atoms with E-state index in [-0.39, 0.29) is 0 Å². The van der Waals surface area contributed by atoms with E-state index in [0.29, 0.717) is 0 Å². The summed E-state index contributed by atoms with van der Waals surface area (Å²) in [7, 11) is -2.91. The SMILES string of the molecule is c1ccc([Si](c2ccccc2)(c2cccc(-c3ccccn3)c2)c2cccc(-n3c4ncccc4c4ccc5oc6ccccc6c5c43)c2)cc1. The fourth-order valence-corrected chi connectivity index (χ4v) is 12.9. The number of rotatable bonds is 6. The topological polar surface area (TPSA) is 43.9 Å². The normalized spacial score (nSPS) is 11.9. The van der Waals surface area contributed by atoms with E-state index in [4.69, 9.17) is 14.4 Å². The van der Waals surface area contributed by atoms with E-state index in [1.807, 2.05) is 36.7 Å². The van der Waals surface area contributed by atoms with Crippen LogP contribution in [-0.2, 0) is 0 Å². The molecule has 0 saturated carbocycles. The Labute approximate surface area is 295 Å². The highest BCUT2D eigenvalue weighted by Gasteiger charge is 2.42. The Bertz CT molecular complexity index is 2820. The Balaban J connectivity index is 1.31. The number of pyridine rings is 2. The minimum absolute atomic E-state index is 0.868. The van der Waals surface area contributed by atoms with Crippen LogP contribution in [0.15, 0.2) is 193 Å². The van der Waals surface area contributed by atoms with Crippen LogP contribution in [0, 0.1) is 0 Å². The second-order valence-electron chi connectivity index (χ2n) is 13.0. The van der Waals surface area contributed by atoms with Crippen molar-refractivity contribution in [2.45, 2.75) is 0 Å². The number of fused-ring (bicyclic) bond motifs is 7. The van der Waals surface area contributed by atoms with Gasteiger partial charge in [-0.3, -0.25) is 9.55 Å². The molecule has 10 aromatic rings. The molecular weight excluding hydrogens is 639 g/mol. The zero-order valence-corrected chi connectivity index (χ0v) is 28.6. The molecule has 10 rings (SSSR count). The van der Waals surface area contributed by atoms with Crippen LogP contribution >= 0.6 is 0 Å². The van der Waals surface area contributed by atoms with Gasteiger partial charge < -0.3 is 4.42 Å². The lowest BCUT2D eigenvalue weighted by Gasteiger charge is -2.35. The molecule has 240 valence electrons. The molecule has 4 nitrogen and oxygen atoms in total. The van der Waals surface area contributed by atoms with Gasteiger partial charge in [-0.25, -0.2) is 4.98 Å². The van der Waals surface area contributed by atoms with Gasteiger partial charge in [0.15, 0.2) is 8.07 Å². The highest BCUT2D eigenvalue weighted by molar-refractivity contribution is 7.20. The van der Waals surface area contributed by atoms with Crippen LogP contribution in [0.3, 0.4) is 0 Å². The van der Waals surface area contributed by atoms with E-state index in [0.717, 1.165) is 60.8 Å². The molecule has 0 aliphatic heterocycles. The zero-order chi connectivity index (χ0) is 33.8. The highest BCUT2D eigenvalue weighted by Crippen LogP contribution is 2.40. The van der Waals surface area contributed by atoms with Crippen LogP contribution in [0.4, 0.5) is 0 Å². The van der Waals surface area contributed by atoms with Crippen molar-refractivity contribution < 1.29 is 4.42 Å². The maximum Gasteiger partial charge on any atom is 0.179 e. The van der Waals surface area contributed by atoms with Gasteiger partial charge in [-0.2, -0.15) is 0 Å². The molecule has 0 aliphatic rings. The third kappa shape index (κ3) is 4.52. The molecule has 0 radical (unpaired) electrons. The number of furan rings is 1. The molecular formula is C46H31N3OSi. The molecule has 4 heterocycles. The largest absolute Gasteiger partial charge is 0.456 e. The van der Waals surface area contributed by atoms with Crippen molar-refractivity contribution in [1.82, 2.24) is 14.5 Å². The Kier molecular flexibility index (Phi) is 6.79. The molecule has 0 fully saturated rings. The van der Waals surface area contributed by atoms with Gasteiger partial charge in [-0.15, -0.1) is 0 Å². The van der Waals surface area contributed by atoms with Crippen molar-refractivity contribution in [3.63, 3.8) is 0 Å². The lowest BCUT2D eigenvalue weighted by atomic mass is 10.1. The van der Waals surface area contributed by atoms with E-state index in [1.54, 1.807) is 0 Å². The molecule has 4 aromatic heterocycles. The average Bonchev–Trinajstić information content (AvgIpc) is 3.76. The second-order valence-corrected chi connectivity index (χ2v) is 16.8. The van der Waals surface area contributed by atoms with Gasteiger partial charge in [-0.1, -0.05) is 121 Å². The van der Waals surface area contributed by atoms with Gasteiger partial charge in [0.25, 0.3) is 0 Å². The van der Waals surface area contributed by atoms with Crippen LogP contribution in [0.1, 0.15) is 0 Å². The third-order valence-corrected chi connectivity index (χ3v) is 15.0. The number of nitrogens with zero attached hydrogens (tertiary/aromatic N) is 3. The molecule has 51 heavy (non-hydrogen) atoms. The predicted octanol–water partition coefficient (Wildman–Crippen LogP) is 8.52. The van der Waals surface area contributed by atoms with E-state index in [1.165, 1.54) is 20.7 Å². The summed E-state index contributed by atoms with van der Waals surface area (Å²) in [5, 5.41) is 9.67. The summed E-state index contributed by atoms with van der Waals surface area (Å²) in [6, 6.07) is 63.3. The summed E-state index contributed by atoms with van der Waals surface area (Å²) in [5.74, 6) is 0. The number of aromatic nitrogens is 3. The van der Waals surface area contributed by atoms with Gasteiger partial charge in [0, 0.05) is 39.8 Å². The van der Waals surface area contributed by atoms with Crippen molar-refractivity contribution in [1.29, 1.82) is 0 Å². The smallest absolute Gasteiger partial charge is 0.179 e. The fourth-order valence-electron chi connectivity index (χ4n) is 8.09. The minimum Gasteiger partial charge on any atom is -0.456 e. The van der Waals surface area contributed by atoms with Crippen molar-refractivity contribution in [3.8, 4) is 16.9 Å². The fraction of sp³-hybridized carbons (Fsp3) is 0. The lowest BCUT2D eigenvalue weighted by molar-refractivity contribution is 0.669. The molecule has 0 spiro atoms. The first-order valence-electron chi connectivity index (χ1n) is 17.2. The molecule has 0 aliphatic carbocycles. The van der Waals surface area contributed by atoms with Gasteiger partial charge in [0.1, 0.15) is 16.8 Å². The maximum atomic E-state index is 6.41. The first kappa shape index (κ1) is 29.4. The Morgan fingerprint density at radius 2 is 1.12 bits per heavy atom. The van der Waals surface area contributed by atoms with Crippen molar-refractivity contribution in [2.24, 2.45) is 0 Å². The minimum atomic E-state index is -2.91. The summed E-state index contributed by atoms with van der Waals surface area (Å²) in [5.41, 5.74) is 6.91. The lowest BCUT2D eigenvalue weighted by Crippen LogP contribution is -2.74. The molecule has 0 unspecified atom stereocenters. The molecule has 0 bridgehead atoms. The van der Waals surface area contributed by atoms with Gasteiger partial charge in [0.05, 0.1) is 16.6 Å². The molecule has 0 saturated heterocycles.